The molecule has 0 saturated heterocycles. The minimum atomic E-state index is -0.308. The van der Waals surface area contributed by atoms with Crippen LogP contribution in [0.1, 0.15) is 34.1 Å². The van der Waals surface area contributed by atoms with Gasteiger partial charge in [0.05, 0.1) is 13.7 Å². The number of esters is 1. The Morgan fingerprint density at radius 1 is 1.24 bits per heavy atom. The first kappa shape index (κ1) is 19.3. The van der Waals surface area contributed by atoms with Gasteiger partial charge in [0.15, 0.2) is 11.0 Å². The van der Waals surface area contributed by atoms with Crippen molar-refractivity contribution in [2.24, 2.45) is 0 Å². The van der Waals surface area contributed by atoms with Crippen molar-refractivity contribution in [3.8, 4) is 17.3 Å². The molecule has 2 heterocycles. The van der Waals surface area contributed by atoms with Crippen LogP contribution in [0, 0.1) is 0 Å². The minimum absolute atomic E-state index is 0.256. The molecule has 0 radical (unpaired) electrons. The zero-order valence-electron chi connectivity index (χ0n) is 15.4. The van der Waals surface area contributed by atoms with E-state index in [1.165, 1.54) is 18.9 Å². The summed E-state index contributed by atoms with van der Waals surface area (Å²) in [5, 5.41) is 13.4. The molecule has 2 aromatic rings. The van der Waals surface area contributed by atoms with E-state index in [1.54, 1.807) is 0 Å². The van der Waals surface area contributed by atoms with Crippen LogP contribution in [0.3, 0.4) is 0 Å². The van der Waals surface area contributed by atoms with E-state index < -0.39 is 0 Å². The third-order valence-electron chi connectivity index (χ3n) is 3.69. The third-order valence-corrected chi connectivity index (χ3v) is 5.01. The van der Waals surface area contributed by atoms with Crippen LogP contribution in [0.4, 0.5) is 0 Å². The fourth-order valence-corrected chi connectivity index (χ4v) is 3.42. The molecule has 9 heteroatoms. The number of thioether (sulfide) groups is 1. The van der Waals surface area contributed by atoms with E-state index >= 15 is 0 Å². The molecule has 0 aromatic carbocycles. The highest BCUT2D eigenvalue weighted by molar-refractivity contribution is 8.00. The van der Waals surface area contributed by atoms with E-state index in [2.05, 4.69) is 15.3 Å². The second-order valence-electron chi connectivity index (χ2n) is 5.22. The first-order chi connectivity index (χ1) is 12.1. The summed E-state index contributed by atoms with van der Waals surface area (Å²) < 4.78 is 14.3. The van der Waals surface area contributed by atoms with Crippen LogP contribution in [0.25, 0.3) is 11.4 Å². The predicted molar refractivity (Wildman–Crippen MR) is 95.7 cm³/mol. The van der Waals surface area contributed by atoms with E-state index in [4.69, 9.17) is 9.47 Å². The molecule has 0 saturated carbocycles. The largest absolute Gasteiger partial charge is 0.476 e. The molecule has 0 fully saturated rings. The number of carbonyl (C=O) groups excluding carboxylic acids is 1. The van der Waals surface area contributed by atoms with Crippen LogP contribution in [-0.2, 0) is 22.6 Å². The molecule has 2 aromatic heterocycles. The third kappa shape index (κ3) is 4.15. The van der Waals surface area contributed by atoms with Gasteiger partial charge in [-0.1, -0.05) is 18.7 Å². The molecular formula is C16H25N5O3S. The van der Waals surface area contributed by atoms with Crippen LogP contribution in [0.2, 0.25) is 0 Å². The van der Waals surface area contributed by atoms with Crippen LogP contribution < -0.4 is 4.74 Å². The maximum Gasteiger partial charge on any atom is 0.319 e. The molecule has 1 atom stereocenters. The Morgan fingerprint density at radius 3 is 2.56 bits per heavy atom. The lowest BCUT2D eigenvalue weighted by atomic mass is 10.3. The fraction of sp³-hybridized carbons (Fsp3) is 0.625. The Labute approximate surface area is 151 Å². The van der Waals surface area contributed by atoms with Crippen molar-refractivity contribution >= 4 is 17.7 Å². The van der Waals surface area contributed by atoms with Crippen molar-refractivity contribution in [3.63, 3.8) is 0 Å². The van der Waals surface area contributed by atoms with Gasteiger partial charge in [0, 0.05) is 19.3 Å². The van der Waals surface area contributed by atoms with Crippen LogP contribution in [0.15, 0.2) is 11.4 Å². The zero-order chi connectivity index (χ0) is 18.4. The number of methoxy groups -OCH3 is 1. The van der Waals surface area contributed by atoms with Gasteiger partial charge in [-0.2, -0.15) is 0 Å². The molecule has 25 heavy (non-hydrogen) atoms. The smallest absolute Gasteiger partial charge is 0.319 e. The average Bonchev–Trinajstić information content (AvgIpc) is 3.22. The molecule has 0 N–H and O–H groups in total. The average molecular weight is 367 g/mol. The van der Waals surface area contributed by atoms with Crippen molar-refractivity contribution < 1.29 is 14.3 Å². The lowest BCUT2D eigenvalue weighted by Crippen LogP contribution is -2.18. The second-order valence-corrected chi connectivity index (χ2v) is 6.39. The van der Waals surface area contributed by atoms with Crippen molar-refractivity contribution in [2.45, 2.75) is 57.6 Å². The number of hydrogen-bond donors (Lipinski definition) is 0. The van der Waals surface area contributed by atoms with Crippen LogP contribution in [0.5, 0.6) is 5.88 Å². The Balaban J connectivity index is 2.40. The van der Waals surface area contributed by atoms with E-state index in [0.29, 0.717) is 36.4 Å². The number of aromatic nitrogens is 5. The fourth-order valence-electron chi connectivity index (χ4n) is 2.38. The van der Waals surface area contributed by atoms with Gasteiger partial charge < -0.3 is 14.0 Å². The van der Waals surface area contributed by atoms with Crippen molar-refractivity contribution in [2.75, 3.05) is 13.7 Å². The summed E-state index contributed by atoms with van der Waals surface area (Å²) >= 11 is 1.37. The standard InChI is InChI=1S/C16H25N5O3S/c1-6-12(15(22)23-5)25-16-18-17-13(21(16)8-3)11-10-20(7-2)19-14(11)24-9-4/h10,12H,6-9H2,1-5H3. The van der Waals surface area contributed by atoms with Gasteiger partial charge >= 0.3 is 5.97 Å². The zero-order valence-corrected chi connectivity index (χ0v) is 16.2. The van der Waals surface area contributed by atoms with Crippen molar-refractivity contribution in [1.29, 1.82) is 0 Å². The highest BCUT2D eigenvalue weighted by Crippen LogP contribution is 2.32. The number of carbonyl (C=O) groups is 1. The Hall–Kier alpha value is -2.03. The molecule has 0 amide bonds. The molecule has 138 valence electrons. The SMILES string of the molecule is CCOc1nn(CC)cc1-c1nnc(SC(CC)C(=O)OC)n1CC. The summed E-state index contributed by atoms with van der Waals surface area (Å²) in [4.78, 5) is 11.9. The molecule has 0 bridgehead atoms. The molecular weight excluding hydrogens is 342 g/mol. The Bertz CT molecular complexity index is 713. The molecule has 0 aliphatic heterocycles. The molecule has 0 aliphatic carbocycles. The number of nitrogens with zero attached hydrogens (tertiary/aromatic N) is 5. The summed E-state index contributed by atoms with van der Waals surface area (Å²) in [6.07, 6.45) is 2.56. The quantitative estimate of drug-likeness (QED) is 0.497. The highest BCUT2D eigenvalue weighted by atomic mass is 32.2. The molecule has 8 nitrogen and oxygen atoms in total. The van der Waals surface area contributed by atoms with E-state index in [1.807, 2.05) is 43.1 Å². The summed E-state index contributed by atoms with van der Waals surface area (Å²) in [6, 6.07) is 0. The Morgan fingerprint density at radius 2 is 2.00 bits per heavy atom. The topological polar surface area (TPSA) is 84.1 Å². The number of rotatable bonds is 9. The molecule has 0 spiro atoms. The maximum absolute atomic E-state index is 11.9. The second kappa shape index (κ2) is 8.89. The highest BCUT2D eigenvalue weighted by Gasteiger charge is 2.25. The van der Waals surface area contributed by atoms with Crippen molar-refractivity contribution in [1.82, 2.24) is 24.5 Å². The van der Waals surface area contributed by atoms with Crippen LogP contribution >= 0.6 is 11.8 Å². The predicted octanol–water partition coefficient (Wildman–Crippen LogP) is 2.62. The molecule has 0 aliphatic rings. The van der Waals surface area contributed by atoms with Gasteiger partial charge in [-0.15, -0.1) is 15.3 Å². The van der Waals surface area contributed by atoms with Gasteiger partial charge in [0.1, 0.15) is 10.8 Å². The Kier molecular flexibility index (Phi) is 6.86. The van der Waals surface area contributed by atoms with E-state index in [0.717, 1.165) is 12.1 Å². The number of aryl methyl sites for hydroxylation is 1. The molecule has 1 unspecified atom stereocenters. The number of ether oxygens (including phenoxy) is 2. The monoisotopic (exact) mass is 367 g/mol. The first-order valence-electron chi connectivity index (χ1n) is 8.47. The van der Waals surface area contributed by atoms with E-state index in [9.17, 15) is 4.79 Å². The van der Waals surface area contributed by atoms with Gasteiger partial charge in [-0.3, -0.25) is 9.48 Å². The van der Waals surface area contributed by atoms with Crippen molar-refractivity contribution in [3.05, 3.63) is 6.20 Å². The molecule has 2 rings (SSSR count). The summed E-state index contributed by atoms with van der Waals surface area (Å²) in [5.74, 6) is 0.976. The van der Waals surface area contributed by atoms with Gasteiger partial charge in [0.2, 0.25) is 5.88 Å². The lowest BCUT2D eigenvalue weighted by Gasteiger charge is -2.12. The van der Waals surface area contributed by atoms with Crippen LogP contribution in [-0.4, -0.2) is 49.5 Å². The minimum Gasteiger partial charge on any atom is -0.476 e. The summed E-state index contributed by atoms with van der Waals surface area (Å²) in [5.41, 5.74) is 0.802. The summed E-state index contributed by atoms with van der Waals surface area (Å²) in [7, 11) is 1.40. The summed E-state index contributed by atoms with van der Waals surface area (Å²) in [6.45, 7) is 9.83. The normalized spacial score (nSPS) is 12.2. The number of hydrogen-bond acceptors (Lipinski definition) is 7. The lowest BCUT2D eigenvalue weighted by molar-refractivity contribution is -0.140. The first-order valence-corrected chi connectivity index (χ1v) is 9.35. The van der Waals surface area contributed by atoms with Gasteiger partial charge in [0.25, 0.3) is 0 Å². The van der Waals surface area contributed by atoms with E-state index in [-0.39, 0.29) is 11.2 Å². The van der Waals surface area contributed by atoms with Gasteiger partial charge in [-0.05, 0) is 27.2 Å². The van der Waals surface area contributed by atoms with Gasteiger partial charge in [-0.25, -0.2) is 0 Å². The maximum atomic E-state index is 11.9.